The van der Waals surface area contributed by atoms with Gasteiger partial charge in [0.2, 0.25) is 5.91 Å². The Morgan fingerprint density at radius 1 is 1.33 bits per heavy atom. The Morgan fingerprint density at radius 2 is 2.00 bits per heavy atom. The van der Waals surface area contributed by atoms with Crippen molar-refractivity contribution in [3.63, 3.8) is 0 Å². The Balaban J connectivity index is 3.26. The van der Waals surface area contributed by atoms with E-state index in [0.717, 1.165) is 26.1 Å². The van der Waals surface area contributed by atoms with Crippen LogP contribution in [0.3, 0.4) is 0 Å². The highest BCUT2D eigenvalue weighted by Gasteiger charge is 2.00. The fourth-order valence-corrected chi connectivity index (χ4v) is 1.16. The van der Waals surface area contributed by atoms with Crippen LogP contribution in [0, 0.1) is 5.92 Å². The summed E-state index contributed by atoms with van der Waals surface area (Å²) in [5.74, 6) is 0.681. The monoisotopic (exact) mass is 215 g/mol. The van der Waals surface area contributed by atoms with E-state index in [9.17, 15) is 4.79 Å². The van der Waals surface area contributed by atoms with Gasteiger partial charge in [0.1, 0.15) is 0 Å². The minimum Gasteiger partial charge on any atom is -0.355 e. The summed E-state index contributed by atoms with van der Waals surface area (Å²) < 4.78 is 0. The molecule has 0 aromatic heterocycles. The van der Waals surface area contributed by atoms with E-state index in [1.807, 2.05) is 14.1 Å². The summed E-state index contributed by atoms with van der Waals surface area (Å²) >= 11 is 0. The van der Waals surface area contributed by atoms with Crippen LogP contribution < -0.4 is 10.6 Å². The number of hydrogen-bond acceptors (Lipinski definition) is 3. The number of rotatable bonds is 8. The maximum atomic E-state index is 11.3. The van der Waals surface area contributed by atoms with E-state index < -0.39 is 0 Å². The zero-order valence-electron chi connectivity index (χ0n) is 10.5. The molecule has 0 heterocycles. The molecule has 4 heteroatoms. The predicted molar refractivity (Wildman–Crippen MR) is 63.9 cm³/mol. The lowest BCUT2D eigenvalue weighted by Crippen LogP contribution is -2.36. The summed E-state index contributed by atoms with van der Waals surface area (Å²) in [5.41, 5.74) is 0. The van der Waals surface area contributed by atoms with Crippen molar-refractivity contribution in [1.29, 1.82) is 0 Å². The van der Waals surface area contributed by atoms with Gasteiger partial charge in [-0.25, -0.2) is 0 Å². The molecule has 0 aliphatic heterocycles. The topological polar surface area (TPSA) is 44.4 Å². The zero-order chi connectivity index (χ0) is 11.7. The molecular formula is C11H25N3O. The van der Waals surface area contributed by atoms with E-state index in [0.29, 0.717) is 12.5 Å². The summed E-state index contributed by atoms with van der Waals surface area (Å²) in [5, 5.41) is 6.00. The van der Waals surface area contributed by atoms with Crippen LogP contribution in [0.1, 0.15) is 20.3 Å². The normalized spacial score (nSPS) is 11.1. The van der Waals surface area contributed by atoms with E-state index in [1.165, 1.54) is 0 Å². The highest BCUT2D eigenvalue weighted by atomic mass is 16.1. The minimum atomic E-state index is 0.0920. The molecule has 0 aromatic carbocycles. The molecule has 1 amide bonds. The largest absolute Gasteiger partial charge is 0.355 e. The van der Waals surface area contributed by atoms with Crippen molar-refractivity contribution >= 4 is 5.91 Å². The van der Waals surface area contributed by atoms with Gasteiger partial charge in [0.15, 0.2) is 0 Å². The van der Waals surface area contributed by atoms with Crippen LogP contribution >= 0.6 is 0 Å². The molecule has 2 N–H and O–H groups in total. The summed E-state index contributed by atoms with van der Waals surface area (Å²) in [6.45, 7) is 7.36. The number of hydrogen-bond donors (Lipinski definition) is 2. The molecule has 0 aromatic rings. The lowest BCUT2D eigenvalue weighted by molar-refractivity contribution is -0.120. The third-order valence-corrected chi connectivity index (χ3v) is 1.94. The molecule has 0 aliphatic rings. The van der Waals surface area contributed by atoms with Gasteiger partial charge in [0.05, 0.1) is 6.54 Å². The minimum absolute atomic E-state index is 0.0920. The average Bonchev–Trinajstić information content (AvgIpc) is 2.11. The molecule has 90 valence electrons. The first-order valence-corrected chi connectivity index (χ1v) is 5.64. The van der Waals surface area contributed by atoms with Gasteiger partial charge in [-0.2, -0.15) is 0 Å². The second-order valence-electron chi connectivity index (χ2n) is 4.53. The van der Waals surface area contributed by atoms with Gasteiger partial charge >= 0.3 is 0 Å². The summed E-state index contributed by atoms with van der Waals surface area (Å²) in [6, 6.07) is 0. The van der Waals surface area contributed by atoms with E-state index in [1.54, 1.807) is 0 Å². The summed E-state index contributed by atoms with van der Waals surface area (Å²) in [7, 11) is 4.07. The Labute approximate surface area is 93.4 Å². The quantitative estimate of drug-likeness (QED) is 0.572. The van der Waals surface area contributed by atoms with Crippen LogP contribution in [0.5, 0.6) is 0 Å². The second kappa shape index (κ2) is 8.68. The molecule has 15 heavy (non-hydrogen) atoms. The zero-order valence-corrected chi connectivity index (χ0v) is 10.5. The SMILES string of the molecule is CC(C)CNCC(=O)NCCCN(C)C. The predicted octanol–water partition coefficient (Wildman–Crippen LogP) is 0.300. The third-order valence-electron chi connectivity index (χ3n) is 1.94. The van der Waals surface area contributed by atoms with Crippen LogP contribution in [0.15, 0.2) is 0 Å². The first kappa shape index (κ1) is 14.4. The molecular weight excluding hydrogens is 190 g/mol. The Hall–Kier alpha value is -0.610. The Bertz CT molecular complexity index is 169. The average molecular weight is 215 g/mol. The first-order chi connectivity index (χ1) is 7.02. The van der Waals surface area contributed by atoms with Gasteiger partial charge in [-0.3, -0.25) is 4.79 Å². The lowest BCUT2D eigenvalue weighted by Gasteiger charge is -2.10. The van der Waals surface area contributed by atoms with Crippen molar-refractivity contribution in [2.45, 2.75) is 20.3 Å². The van der Waals surface area contributed by atoms with Crippen LogP contribution in [0.4, 0.5) is 0 Å². The molecule has 0 bridgehead atoms. The van der Waals surface area contributed by atoms with Gasteiger partial charge in [0, 0.05) is 6.54 Å². The van der Waals surface area contributed by atoms with E-state index >= 15 is 0 Å². The number of carbonyl (C=O) groups excluding carboxylic acids is 1. The molecule has 0 saturated heterocycles. The maximum absolute atomic E-state index is 11.3. The van der Waals surface area contributed by atoms with Crippen molar-refractivity contribution < 1.29 is 4.79 Å². The molecule has 0 radical (unpaired) electrons. The van der Waals surface area contributed by atoms with E-state index in [-0.39, 0.29) is 5.91 Å². The standard InChI is InChI=1S/C11H25N3O/c1-10(2)8-12-9-11(15)13-6-5-7-14(3)4/h10,12H,5-9H2,1-4H3,(H,13,15). The van der Waals surface area contributed by atoms with Crippen LogP contribution in [-0.2, 0) is 4.79 Å². The molecule has 0 aliphatic carbocycles. The lowest BCUT2D eigenvalue weighted by atomic mass is 10.2. The number of nitrogens with one attached hydrogen (secondary N) is 2. The van der Waals surface area contributed by atoms with Crippen molar-refractivity contribution in [1.82, 2.24) is 15.5 Å². The van der Waals surface area contributed by atoms with E-state index in [4.69, 9.17) is 0 Å². The maximum Gasteiger partial charge on any atom is 0.233 e. The number of amides is 1. The van der Waals surface area contributed by atoms with Gasteiger partial charge in [-0.15, -0.1) is 0 Å². The molecule has 4 nitrogen and oxygen atoms in total. The first-order valence-electron chi connectivity index (χ1n) is 5.64. The fourth-order valence-electron chi connectivity index (χ4n) is 1.16. The van der Waals surface area contributed by atoms with Gasteiger partial charge in [-0.1, -0.05) is 13.8 Å². The number of nitrogens with zero attached hydrogens (tertiary/aromatic N) is 1. The van der Waals surface area contributed by atoms with Crippen molar-refractivity contribution in [3.8, 4) is 0 Å². The van der Waals surface area contributed by atoms with Crippen molar-refractivity contribution in [2.24, 2.45) is 5.92 Å². The van der Waals surface area contributed by atoms with Crippen LogP contribution in [0.2, 0.25) is 0 Å². The highest BCUT2D eigenvalue weighted by molar-refractivity contribution is 5.77. The van der Waals surface area contributed by atoms with Gasteiger partial charge in [0.25, 0.3) is 0 Å². The van der Waals surface area contributed by atoms with Crippen LogP contribution in [-0.4, -0.2) is 51.1 Å². The summed E-state index contributed by atoms with van der Waals surface area (Å²) in [4.78, 5) is 13.4. The summed E-state index contributed by atoms with van der Waals surface area (Å²) in [6.07, 6.45) is 1.00. The molecule has 0 spiro atoms. The van der Waals surface area contributed by atoms with Crippen molar-refractivity contribution in [3.05, 3.63) is 0 Å². The van der Waals surface area contributed by atoms with Crippen LogP contribution in [0.25, 0.3) is 0 Å². The molecule has 0 fully saturated rings. The Morgan fingerprint density at radius 3 is 2.53 bits per heavy atom. The molecule has 0 unspecified atom stereocenters. The smallest absolute Gasteiger partial charge is 0.233 e. The Kier molecular flexibility index (Phi) is 8.33. The van der Waals surface area contributed by atoms with Gasteiger partial charge in [-0.05, 0) is 39.5 Å². The molecule has 0 saturated carbocycles. The highest BCUT2D eigenvalue weighted by Crippen LogP contribution is 1.86. The third kappa shape index (κ3) is 11.3. The number of carbonyl (C=O) groups is 1. The van der Waals surface area contributed by atoms with E-state index in [2.05, 4.69) is 29.4 Å². The van der Waals surface area contributed by atoms with Crippen molar-refractivity contribution in [2.75, 3.05) is 40.3 Å². The second-order valence-corrected chi connectivity index (χ2v) is 4.53. The van der Waals surface area contributed by atoms with Gasteiger partial charge < -0.3 is 15.5 Å². The fraction of sp³-hybridized carbons (Fsp3) is 0.909. The molecule has 0 rings (SSSR count). The molecule has 0 atom stereocenters.